The van der Waals surface area contributed by atoms with Gasteiger partial charge in [-0.15, -0.1) is 6.42 Å². The summed E-state index contributed by atoms with van der Waals surface area (Å²) in [7, 11) is 0. The molecule has 0 aliphatic carbocycles. The van der Waals surface area contributed by atoms with Gasteiger partial charge in [0.15, 0.2) is 0 Å². The van der Waals surface area contributed by atoms with Crippen molar-refractivity contribution in [2.45, 2.75) is 57.9 Å². The van der Waals surface area contributed by atoms with E-state index in [0.717, 1.165) is 6.54 Å². The molecule has 0 saturated heterocycles. The molecule has 0 amide bonds. The van der Waals surface area contributed by atoms with Crippen molar-refractivity contribution < 1.29 is 0 Å². The van der Waals surface area contributed by atoms with E-state index in [4.69, 9.17) is 6.42 Å². The number of benzene rings is 1. The molecule has 0 aliphatic rings. The first kappa shape index (κ1) is 15.8. The van der Waals surface area contributed by atoms with Crippen LogP contribution in [0, 0.1) is 12.3 Å². The molecule has 1 aromatic carbocycles. The van der Waals surface area contributed by atoms with Gasteiger partial charge in [-0.3, -0.25) is 5.32 Å². The third-order valence-electron chi connectivity index (χ3n) is 3.65. The molecule has 0 aromatic heterocycles. The summed E-state index contributed by atoms with van der Waals surface area (Å²) >= 11 is 0. The number of nitrogens with one attached hydrogen (secondary N) is 1. The zero-order valence-corrected chi connectivity index (χ0v) is 12.4. The summed E-state index contributed by atoms with van der Waals surface area (Å²) in [5.41, 5.74) is 0.827. The van der Waals surface area contributed by atoms with Gasteiger partial charge in [0.05, 0.1) is 0 Å². The lowest BCUT2D eigenvalue weighted by Crippen LogP contribution is -2.38. The fraction of sp³-hybridized carbons (Fsp3) is 0.556. The normalized spacial score (nSPS) is 13.7. The number of rotatable bonds is 9. The summed E-state index contributed by atoms with van der Waals surface area (Å²) in [5.74, 6) is 2.89. The second-order valence-electron chi connectivity index (χ2n) is 5.33. The Bertz CT molecular complexity index is 376. The van der Waals surface area contributed by atoms with E-state index >= 15 is 0 Å². The van der Waals surface area contributed by atoms with Crippen LogP contribution < -0.4 is 5.32 Å². The second kappa shape index (κ2) is 8.77. The van der Waals surface area contributed by atoms with E-state index in [1.165, 1.54) is 44.1 Å². The van der Waals surface area contributed by atoms with E-state index < -0.39 is 0 Å². The van der Waals surface area contributed by atoms with Crippen LogP contribution in [0.3, 0.4) is 0 Å². The predicted molar refractivity (Wildman–Crippen MR) is 84.0 cm³/mol. The quantitative estimate of drug-likeness (QED) is 0.508. The van der Waals surface area contributed by atoms with Crippen molar-refractivity contribution >= 4 is 0 Å². The Hall–Kier alpha value is -1.26. The highest BCUT2D eigenvalue weighted by Gasteiger charge is 2.22. The van der Waals surface area contributed by atoms with Gasteiger partial charge in [-0.2, -0.15) is 0 Å². The molecule has 0 aliphatic heterocycles. The molecule has 0 radical (unpaired) electrons. The van der Waals surface area contributed by atoms with Gasteiger partial charge in [0.25, 0.3) is 0 Å². The minimum absolute atomic E-state index is 0.343. The Labute approximate surface area is 118 Å². The molecule has 1 rings (SSSR count). The third kappa shape index (κ3) is 5.49. The highest BCUT2D eigenvalue weighted by molar-refractivity contribution is 5.31. The van der Waals surface area contributed by atoms with Crippen LogP contribution in [-0.2, 0) is 5.54 Å². The summed E-state index contributed by atoms with van der Waals surface area (Å²) in [6, 6.07) is 10.3. The van der Waals surface area contributed by atoms with E-state index in [0.29, 0.717) is 0 Å². The minimum Gasteiger partial charge on any atom is -0.298 e. The van der Waals surface area contributed by atoms with E-state index in [9.17, 15) is 0 Å². The van der Waals surface area contributed by atoms with Gasteiger partial charge in [0.2, 0.25) is 0 Å². The summed E-state index contributed by atoms with van der Waals surface area (Å²) in [6.07, 6.45) is 13.6. The average molecular weight is 257 g/mol. The molecule has 0 saturated carbocycles. The molecule has 1 atom stereocenters. The lowest BCUT2D eigenvalue weighted by atomic mass is 9.93. The van der Waals surface area contributed by atoms with Crippen LogP contribution in [0.15, 0.2) is 30.3 Å². The molecule has 1 heteroatoms. The smallest absolute Gasteiger partial charge is 0.102 e. The standard InChI is InChI=1S/C18H27N/c1-4-6-7-8-9-13-16-19-18(3,5-2)17-14-11-10-12-15-17/h2,10-12,14-15,19H,4,6-9,13,16H2,1,3H3. The largest absolute Gasteiger partial charge is 0.298 e. The topological polar surface area (TPSA) is 12.0 Å². The second-order valence-corrected chi connectivity index (χ2v) is 5.33. The van der Waals surface area contributed by atoms with Crippen molar-refractivity contribution in [1.82, 2.24) is 5.32 Å². The maximum absolute atomic E-state index is 5.71. The number of hydrogen-bond acceptors (Lipinski definition) is 1. The van der Waals surface area contributed by atoms with Crippen LogP contribution in [0.1, 0.15) is 57.9 Å². The van der Waals surface area contributed by atoms with Crippen molar-refractivity contribution in [3.05, 3.63) is 35.9 Å². The van der Waals surface area contributed by atoms with Gasteiger partial charge in [0, 0.05) is 0 Å². The zero-order chi connectivity index (χ0) is 14.0. The predicted octanol–water partition coefficient (Wildman–Crippen LogP) is 4.49. The Balaban J connectivity index is 2.32. The highest BCUT2D eigenvalue weighted by Crippen LogP contribution is 2.19. The van der Waals surface area contributed by atoms with E-state index in [1.807, 2.05) is 18.2 Å². The molecule has 0 spiro atoms. The maximum atomic E-state index is 5.71. The summed E-state index contributed by atoms with van der Waals surface area (Å²) in [5, 5.41) is 3.52. The van der Waals surface area contributed by atoms with E-state index in [1.54, 1.807) is 0 Å². The number of hydrogen-bond donors (Lipinski definition) is 1. The van der Waals surface area contributed by atoms with Crippen LogP contribution in [0.5, 0.6) is 0 Å². The van der Waals surface area contributed by atoms with Crippen molar-refractivity contribution in [3.8, 4) is 12.3 Å². The van der Waals surface area contributed by atoms with Gasteiger partial charge in [0.1, 0.15) is 5.54 Å². The molecular formula is C18H27N. The highest BCUT2D eigenvalue weighted by atomic mass is 14.9. The number of terminal acetylenes is 1. The Kier molecular flexibility index (Phi) is 7.30. The van der Waals surface area contributed by atoms with Crippen LogP contribution in [0.2, 0.25) is 0 Å². The molecule has 1 N–H and O–H groups in total. The van der Waals surface area contributed by atoms with Crippen LogP contribution in [0.4, 0.5) is 0 Å². The van der Waals surface area contributed by atoms with Gasteiger partial charge in [-0.25, -0.2) is 0 Å². The minimum atomic E-state index is -0.343. The molecule has 1 unspecified atom stereocenters. The van der Waals surface area contributed by atoms with Gasteiger partial charge in [-0.05, 0) is 25.5 Å². The first-order valence-corrected chi connectivity index (χ1v) is 7.51. The van der Waals surface area contributed by atoms with Crippen molar-refractivity contribution in [2.24, 2.45) is 0 Å². The first-order chi connectivity index (χ1) is 9.23. The maximum Gasteiger partial charge on any atom is 0.102 e. The monoisotopic (exact) mass is 257 g/mol. The van der Waals surface area contributed by atoms with Crippen LogP contribution >= 0.6 is 0 Å². The molecule has 1 aromatic rings. The summed E-state index contributed by atoms with van der Waals surface area (Å²) in [4.78, 5) is 0. The number of unbranched alkanes of at least 4 members (excludes halogenated alkanes) is 5. The average Bonchev–Trinajstić information content (AvgIpc) is 2.47. The van der Waals surface area contributed by atoms with E-state index in [2.05, 4.69) is 37.2 Å². The fourth-order valence-corrected chi connectivity index (χ4v) is 2.25. The first-order valence-electron chi connectivity index (χ1n) is 7.51. The van der Waals surface area contributed by atoms with E-state index in [-0.39, 0.29) is 5.54 Å². The van der Waals surface area contributed by atoms with Crippen molar-refractivity contribution in [1.29, 1.82) is 0 Å². The Morgan fingerprint density at radius 1 is 1.05 bits per heavy atom. The summed E-state index contributed by atoms with van der Waals surface area (Å²) in [6.45, 7) is 5.32. The molecule has 0 fully saturated rings. The third-order valence-corrected chi connectivity index (χ3v) is 3.65. The Morgan fingerprint density at radius 3 is 2.32 bits per heavy atom. The lowest BCUT2D eigenvalue weighted by molar-refractivity contribution is 0.454. The van der Waals surface area contributed by atoms with Gasteiger partial charge >= 0.3 is 0 Å². The molecule has 0 heterocycles. The zero-order valence-electron chi connectivity index (χ0n) is 12.4. The summed E-state index contributed by atoms with van der Waals surface area (Å²) < 4.78 is 0. The SMILES string of the molecule is C#CC(C)(NCCCCCCCC)c1ccccc1. The Morgan fingerprint density at radius 2 is 1.68 bits per heavy atom. The molecule has 104 valence electrons. The molecule has 0 bridgehead atoms. The van der Waals surface area contributed by atoms with Crippen LogP contribution in [-0.4, -0.2) is 6.54 Å². The molecular weight excluding hydrogens is 230 g/mol. The van der Waals surface area contributed by atoms with Gasteiger partial charge in [-0.1, -0.05) is 75.3 Å². The fourth-order valence-electron chi connectivity index (χ4n) is 2.25. The van der Waals surface area contributed by atoms with Crippen molar-refractivity contribution in [2.75, 3.05) is 6.54 Å². The molecule has 19 heavy (non-hydrogen) atoms. The van der Waals surface area contributed by atoms with Crippen molar-refractivity contribution in [3.63, 3.8) is 0 Å². The van der Waals surface area contributed by atoms with Gasteiger partial charge < -0.3 is 0 Å². The lowest BCUT2D eigenvalue weighted by Gasteiger charge is -2.26. The molecule has 1 nitrogen and oxygen atoms in total. The van der Waals surface area contributed by atoms with Crippen LogP contribution in [0.25, 0.3) is 0 Å².